The van der Waals surface area contributed by atoms with Crippen molar-refractivity contribution in [2.24, 2.45) is 0 Å². The van der Waals surface area contributed by atoms with E-state index in [1.165, 1.54) is 72.3 Å². The fourth-order valence-corrected chi connectivity index (χ4v) is 9.11. The number of allylic oxidation sites excluding steroid dienone is 4. The highest BCUT2D eigenvalue weighted by Crippen LogP contribution is 2.40. The van der Waals surface area contributed by atoms with Gasteiger partial charge in [-0.15, -0.1) is 0 Å². The monoisotopic (exact) mass is 807 g/mol. The van der Waals surface area contributed by atoms with Crippen molar-refractivity contribution in [3.05, 3.63) is 259 Å². The molecule has 9 aromatic rings. The molecule has 1 aliphatic carbocycles. The zero-order chi connectivity index (χ0) is 42.6. The molecule has 0 spiro atoms. The third kappa shape index (κ3) is 8.52. The molecule has 0 radical (unpaired) electrons. The number of hydrogen-bond donors (Lipinski definition) is 0. The van der Waals surface area contributed by atoms with Gasteiger partial charge in [0.15, 0.2) is 0 Å². The van der Waals surface area contributed by atoms with Crippen molar-refractivity contribution in [2.75, 3.05) is 0 Å². The summed E-state index contributed by atoms with van der Waals surface area (Å²) < 4.78 is 0. The van der Waals surface area contributed by atoms with Gasteiger partial charge in [-0.1, -0.05) is 225 Å². The number of benzene rings is 8. The number of hydrogen-bond acceptors (Lipinski definition) is 1. The Kier molecular flexibility index (Phi) is 10.9. The molecule has 1 unspecified atom stereocenters. The normalized spacial score (nSPS) is 14.4. The van der Waals surface area contributed by atoms with Gasteiger partial charge in [-0.3, -0.25) is 0 Å². The van der Waals surface area contributed by atoms with Crippen LogP contribution in [-0.2, 0) is 11.8 Å². The van der Waals surface area contributed by atoms with Gasteiger partial charge in [0.1, 0.15) is 0 Å². The SMILES string of the molecule is Cc1ccc(-c2cc(-c3ccccc3)nc(-c3ccccc3Cc3cccc(-c4cccc(-c5ccccc5)c4)c3)c2)c(-c2cccc(-c3cccc(C4(C)C=CC=CC4)c3)c2)c1. The average molecular weight is 808 g/mol. The number of rotatable bonds is 10. The summed E-state index contributed by atoms with van der Waals surface area (Å²) in [6.45, 7) is 4.52. The van der Waals surface area contributed by atoms with E-state index in [9.17, 15) is 0 Å². The maximum absolute atomic E-state index is 5.42. The van der Waals surface area contributed by atoms with Crippen molar-refractivity contribution in [3.8, 4) is 78.1 Å². The van der Waals surface area contributed by atoms with E-state index in [-0.39, 0.29) is 5.41 Å². The molecule has 1 nitrogen and oxygen atoms in total. The molecule has 302 valence electrons. The third-order valence-electron chi connectivity index (χ3n) is 12.6. The molecule has 0 N–H and O–H groups in total. The second-order valence-electron chi connectivity index (χ2n) is 17.1. The molecular weight excluding hydrogens is 759 g/mol. The van der Waals surface area contributed by atoms with Crippen LogP contribution in [0.1, 0.15) is 35.6 Å². The highest BCUT2D eigenvalue weighted by Gasteiger charge is 2.24. The first-order valence-corrected chi connectivity index (χ1v) is 22.0. The van der Waals surface area contributed by atoms with E-state index in [1.807, 2.05) is 0 Å². The summed E-state index contributed by atoms with van der Waals surface area (Å²) in [7, 11) is 0. The van der Waals surface area contributed by atoms with E-state index in [0.29, 0.717) is 0 Å². The Morgan fingerprint density at radius 1 is 0.413 bits per heavy atom. The zero-order valence-corrected chi connectivity index (χ0v) is 35.9. The Labute approximate surface area is 372 Å². The summed E-state index contributed by atoms with van der Waals surface area (Å²) >= 11 is 0. The summed E-state index contributed by atoms with van der Waals surface area (Å²) in [6.07, 6.45) is 10.7. The van der Waals surface area contributed by atoms with Crippen LogP contribution in [0.15, 0.2) is 237 Å². The molecule has 1 atom stereocenters. The Hall–Kier alpha value is -7.61. The number of nitrogens with zero attached hydrogens (tertiary/aromatic N) is 1. The van der Waals surface area contributed by atoms with E-state index in [0.717, 1.165) is 40.9 Å². The van der Waals surface area contributed by atoms with E-state index in [4.69, 9.17) is 4.98 Å². The molecule has 1 aliphatic rings. The second kappa shape index (κ2) is 17.4. The topological polar surface area (TPSA) is 12.9 Å². The minimum atomic E-state index is -0.0143. The van der Waals surface area contributed by atoms with E-state index >= 15 is 0 Å². The lowest BCUT2D eigenvalue weighted by molar-refractivity contribution is 0.600. The Morgan fingerprint density at radius 3 is 1.75 bits per heavy atom. The molecular formula is C62H49N. The first kappa shape index (κ1) is 39.5. The smallest absolute Gasteiger partial charge is 0.0718 e. The van der Waals surface area contributed by atoms with Crippen LogP contribution in [0.2, 0.25) is 0 Å². The van der Waals surface area contributed by atoms with Crippen LogP contribution < -0.4 is 0 Å². The van der Waals surface area contributed by atoms with E-state index in [1.54, 1.807) is 0 Å². The summed E-state index contributed by atoms with van der Waals surface area (Å²) in [4.78, 5) is 5.42. The minimum absolute atomic E-state index is 0.0143. The van der Waals surface area contributed by atoms with Gasteiger partial charge in [-0.25, -0.2) is 4.98 Å². The standard InChI is InChI=1S/C62H49N/c1-44-32-33-57(59(36-44)54-29-16-27-51(40-54)52-28-17-30-56(41-52)62(2)34-12-5-13-35-62)55-42-60(47-21-8-4-9-22-47)63-61(43-55)58-31-11-10-23-53(58)38-45-18-14-24-48(37-45)50-26-15-25-49(39-50)46-19-6-3-7-20-46/h3-34,36-37,39-43H,35,38H2,1-2H3. The van der Waals surface area contributed by atoms with Crippen LogP contribution in [0.4, 0.5) is 0 Å². The van der Waals surface area contributed by atoms with Gasteiger partial charge in [-0.2, -0.15) is 0 Å². The van der Waals surface area contributed by atoms with Crippen LogP contribution in [0, 0.1) is 6.92 Å². The van der Waals surface area contributed by atoms with Crippen LogP contribution in [0.25, 0.3) is 78.1 Å². The Balaban J connectivity index is 1.03. The summed E-state index contributed by atoms with van der Waals surface area (Å²) in [5, 5.41) is 0. The summed E-state index contributed by atoms with van der Waals surface area (Å²) in [5.74, 6) is 0. The predicted octanol–water partition coefficient (Wildman–Crippen LogP) is 16.4. The van der Waals surface area contributed by atoms with Gasteiger partial charge in [0, 0.05) is 16.5 Å². The molecule has 8 aromatic carbocycles. The van der Waals surface area contributed by atoms with E-state index < -0.39 is 0 Å². The van der Waals surface area contributed by atoms with Crippen LogP contribution >= 0.6 is 0 Å². The maximum atomic E-state index is 5.42. The average Bonchev–Trinajstić information content (AvgIpc) is 3.35. The summed E-state index contributed by atoms with van der Waals surface area (Å²) in [6, 6.07) is 77.4. The van der Waals surface area contributed by atoms with Crippen LogP contribution in [-0.4, -0.2) is 4.98 Å². The van der Waals surface area contributed by atoms with Crippen LogP contribution in [0.5, 0.6) is 0 Å². The molecule has 0 fully saturated rings. The summed E-state index contributed by atoms with van der Waals surface area (Å²) in [5.41, 5.74) is 21.2. The van der Waals surface area contributed by atoms with Crippen molar-refractivity contribution in [3.63, 3.8) is 0 Å². The first-order chi connectivity index (χ1) is 31.0. The molecule has 0 saturated carbocycles. The van der Waals surface area contributed by atoms with E-state index in [2.05, 4.69) is 250 Å². The lowest BCUT2D eigenvalue weighted by atomic mass is 9.76. The molecule has 0 saturated heterocycles. The van der Waals surface area contributed by atoms with Crippen molar-refractivity contribution in [1.82, 2.24) is 4.98 Å². The molecule has 1 aromatic heterocycles. The molecule has 1 heterocycles. The predicted molar refractivity (Wildman–Crippen MR) is 267 cm³/mol. The van der Waals surface area contributed by atoms with Gasteiger partial charge in [-0.05, 0) is 116 Å². The highest BCUT2D eigenvalue weighted by molar-refractivity contribution is 5.89. The molecule has 10 rings (SSSR count). The van der Waals surface area contributed by atoms with Crippen molar-refractivity contribution in [2.45, 2.75) is 32.1 Å². The molecule has 0 bridgehead atoms. The van der Waals surface area contributed by atoms with Crippen molar-refractivity contribution < 1.29 is 0 Å². The molecule has 0 amide bonds. The fourth-order valence-electron chi connectivity index (χ4n) is 9.11. The highest BCUT2D eigenvalue weighted by atomic mass is 14.7. The number of pyridine rings is 1. The minimum Gasteiger partial charge on any atom is -0.248 e. The largest absolute Gasteiger partial charge is 0.248 e. The Morgan fingerprint density at radius 2 is 1.00 bits per heavy atom. The van der Waals surface area contributed by atoms with Crippen molar-refractivity contribution in [1.29, 1.82) is 0 Å². The van der Waals surface area contributed by atoms with Gasteiger partial charge < -0.3 is 0 Å². The number of aryl methyl sites for hydroxylation is 1. The zero-order valence-electron chi connectivity index (χ0n) is 35.9. The van der Waals surface area contributed by atoms with Gasteiger partial charge in [0.2, 0.25) is 0 Å². The molecule has 0 aliphatic heterocycles. The number of aromatic nitrogens is 1. The third-order valence-corrected chi connectivity index (χ3v) is 12.6. The quantitative estimate of drug-likeness (QED) is 0.134. The van der Waals surface area contributed by atoms with Gasteiger partial charge in [0.05, 0.1) is 11.4 Å². The molecule has 63 heavy (non-hydrogen) atoms. The Bertz CT molecular complexity index is 3130. The van der Waals surface area contributed by atoms with Gasteiger partial charge in [0.25, 0.3) is 0 Å². The van der Waals surface area contributed by atoms with Gasteiger partial charge >= 0.3 is 0 Å². The van der Waals surface area contributed by atoms with Crippen LogP contribution in [0.3, 0.4) is 0 Å². The first-order valence-electron chi connectivity index (χ1n) is 22.0. The fraction of sp³-hybridized carbons (Fsp3) is 0.0806. The lowest BCUT2D eigenvalue weighted by Crippen LogP contribution is -2.19. The van der Waals surface area contributed by atoms with Crippen molar-refractivity contribution >= 4 is 0 Å². The lowest BCUT2D eigenvalue weighted by Gasteiger charge is -2.27. The molecule has 1 heteroatoms. The maximum Gasteiger partial charge on any atom is 0.0718 e. The second-order valence-corrected chi connectivity index (χ2v) is 17.1.